The summed E-state index contributed by atoms with van der Waals surface area (Å²) in [4.78, 5) is 0. The van der Waals surface area contributed by atoms with Gasteiger partial charge in [-0.3, -0.25) is 0 Å². The fourth-order valence-corrected chi connectivity index (χ4v) is 2.49. The molecule has 3 unspecified atom stereocenters. The Bertz CT molecular complexity index is 415. The quantitative estimate of drug-likeness (QED) is 0.573. The molecule has 98 valence electrons. The Hall–Kier alpha value is -1.30. The Balaban J connectivity index is 3.01. The van der Waals surface area contributed by atoms with Crippen molar-refractivity contribution in [2.24, 2.45) is 17.8 Å². The van der Waals surface area contributed by atoms with Crippen molar-refractivity contribution < 1.29 is 0 Å². The fraction of sp³-hybridized carbons (Fsp3) is 0.444. The lowest BCUT2D eigenvalue weighted by Crippen LogP contribution is -2.12. The van der Waals surface area contributed by atoms with Gasteiger partial charge in [0, 0.05) is 5.92 Å². The zero-order valence-electron chi connectivity index (χ0n) is 12.4. The van der Waals surface area contributed by atoms with E-state index >= 15 is 0 Å². The van der Waals surface area contributed by atoms with Crippen molar-refractivity contribution in [2.45, 2.75) is 34.6 Å². The minimum absolute atomic E-state index is 0.436. The molecule has 0 bridgehead atoms. The topological polar surface area (TPSA) is 0 Å². The van der Waals surface area contributed by atoms with Gasteiger partial charge in [-0.1, -0.05) is 63.8 Å². The van der Waals surface area contributed by atoms with Crippen LogP contribution in [0.2, 0.25) is 0 Å². The van der Waals surface area contributed by atoms with Crippen molar-refractivity contribution in [3.8, 4) is 0 Å². The van der Waals surface area contributed by atoms with Gasteiger partial charge in [-0.2, -0.15) is 0 Å². The van der Waals surface area contributed by atoms with E-state index < -0.39 is 0 Å². The first-order chi connectivity index (χ1) is 8.54. The van der Waals surface area contributed by atoms with Crippen molar-refractivity contribution in [1.82, 2.24) is 0 Å². The predicted octanol–water partition coefficient (Wildman–Crippen LogP) is 5.47. The van der Waals surface area contributed by atoms with E-state index in [9.17, 15) is 0 Å². The Morgan fingerprint density at radius 1 is 1.22 bits per heavy atom. The second kappa shape index (κ2) is 6.58. The SMILES string of the molecule is C=CC(=CC)C(=CC)C(C)C1=CC(C)C(C)C=C1. The van der Waals surface area contributed by atoms with E-state index in [1.165, 1.54) is 16.7 Å². The van der Waals surface area contributed by atoms with Crippen LogP contribution in [0.1, 0.15) is 34.6 Å². The molecule has 0 spiro atoms. The van der Waals surface area contributed by atoms with Crippen LogP contribution < -0.4 is 0 Å². The molecule has 18 heavy (non-hydrogen) atoms. The van der Waals surface area contributed by atoms with E-state index in [1.807, 2.05) is 6.08 Å². The molecule has 1 aliphatic rings. The molecule has 0 aromatic rings. The minimum Gasteiger partial charge on any atom is -0.0985 e. The van der Waals surface area contributed by atoms with Crippen molar-refractivity contribution in [3.05, 3.63) is 59.8 Å². The van der Waals surface area contributed by atoms with Crippen LogP contribution in [0.25, 0.3) is 0 Å². The van der Waals surface area contributed by atoms with Crippen LogP contribution in [0.4, 0.5) is 0 Å². The standard InChI is InChI=1S/C18H26/c1-7-16(8-2)18(9-3)15(6)17-11-10-13(4)14(5)12-17/h7-15H,1H2,2-6H3. The Morgan fingerprint density at radius 2 is 1.89 bits per heavy atom. The third kappa shape index (κ3) is 3.13. The van der Waals surface area contributed by atoms with Gasteiger partial charge in [0.05, 0.1) is 0 Å². The average molecular weight is 242 g/mol. The zero-order valence-corrected chi connectivity index (χ0v) is 12.4. The maximum atomic E-state index is 3.91. The highest BCUT2D eigenvalue weighted by Gasteiger charge is 2.18. The van der Waals surface area contributed by atoms with E-state index in [-0.39, 0.29) is 0 Å². The summed E-state index contributed by atoms with van der Waals surface area (Å²) >= 11 is 0. The molecule has 0 aliphatic heterocycles. The third-order valence-electron chi connectivity index (χ3n) is 4.02. The molecule has 0 radical (unpaired) electrons. The molecular formula is C18H26. The van der Waals surface area contributed by atoms with E-state index in [0.29, 0.717) is 17.8 Å². The molecule has 1 rings (SSSR count). The van der Waals surface area contributed by atoms with Crippen molar-refractivity contribution in [3.63, 3.8) is 0 Å². The molecular weight excluding hydrogens is 216 g/mol. The average Bonchev–Trinajstić information content (AvgIpc) is 2.38. The number of hydrogen-bond donors (Lipinski definition) is 0. The summed E-state index contributed by atoms with van der Waals surface area (Å²) in [5.41, 5.74) is 4.03. The molecule has 0 aromatic heterocycles. The van der Waals surface area contributed by atoms with Crippen molar-refractivity contribution in [2.75, 3.05) is 0 Å². The summed E-state index contributed by atoms with van der Waals surface area (Å²) in [5, 5.41) is 0. The van der Waals surface area contributed by atoms with Crippen LogP contribution in [-0.4, -0.2) is 0 Å². The van der Waals surface area contributed by atoms with Gasteiger partial charge in [-0.05, 0) is 42.4 Å². The van der Waals surface area contributed by atoms with Gasteiger partial charge in [-0.15, -0.1) is 0 Å². The lowest BCUT2D eigenvalue weighted by Gasteiger charge is -2.25. The van der Waals surface area contributed by atoms with Gasteiger partial charge in [0.2, 0.25) is 0 Å². The van der Waals surface area contributed by atoms with Crippen LogP contribution in [0.3, 0.4) is 0 Å². The lowest BCUT2D eigenvalue weighted by molar-refractivity contribution is 0.541. The molecule has 1 aliphatic carbocycles. The van der Waals surface area contributed by atoms with Crippen molar-refractivity contribution >= 4 is 0 Å². The van der Waals surface area contributed by atoms with Gasteiger partial charge in [0.15, 0.2) is 0 Å². The maximum Gasteiger partial charge on any atom is 0.00603 e. The summed E-state index contributed by atoms with van der Waals surface area (Å²) in [6.07, 6.45) is 13.3. The van der Waals surface area contributed by atoms with Crippen LogP contribution >= 0.6 is 0 Å². The first-order valence-electron chi connectivity index (χ1n) is 6.90. The van der Waals surface area contributed by atoms with Crippen LogP contribution in [0, 0.1) is 17.8 Å². The number of allylic oxidation sites excluding steroid dienone is 9. The number of rotatable bonds is 4. The van der Waals surface area contributed by atoms with Crippen LogP contribution in [-0.2, 0) is 0 Å². The zero-order chi connectivity index (χ0) is 13.7. The molecule has 0 heterocycles. The van der Waals surface area contributed by atoms with Gasteiger partial charge < -0.3 is 0 Å². The fourth-order valence-electron chi connectivity index (χ4n) is 2.49. The molecule has 0 N–H and O–H groups in total. The first-order valence-corrected chi connectivity index (χ1v) is 6.90. The molecule has 0 aromatic carbocycles. The highest BCUT2D eigenvalue weighted by molar-refractivity contribution is 5.45. The second-order valence-electron chi connectivity index (χ2n) is 5.16. The predicted molar refractivity (Wildman–Crippen MR) is 82.4 cm³/mol. The second-order valence-corrected chi connectivity index (χ2v) is 5.16. The third-order valence-corrected chi connectivity index (χ3v) is 4.02. The monoisotopic (exact) mass is 242 g/mol. The van der Waals surface area contributed by atoms with E-state index in [4.69, 9.17) is 0 Å². The van der Waals surface area contributed by atoms with Crippen LogP contribution in [0.15, 0.2) is 59.8 Å². The molecule has 0 saturated carbocycles. The van der Waals surface area contributed by atoms with E-state index in [0.717, 1.165) is 0 Å². The molecule has 0 heteroatoms. The summed E-state index contributed by atoms with van der Waals surface area (Å²) in [5.74, 6) is 1.71. The Morgan fingerprint density at radius 3 is 2.33 bits per heavy atom. The summed E-state index contributed by atoms with van der Waals surface area (Å²) in [7, 11) is 0. The minimum atomic E-state index is 0.436. The van der Waals surface area contributed by atoms with Crippen molar-refractivity contribution in [1.29, 1.82) is 0 Å². The van der Waals surface area contributed by atoms with Gasteiger partial charge in [-0.25, -0.2) is 0 Å². The van der Waals surface area contributed by atoms with Gasteiger partial charge >= 0.3 is 0 Å². The maximum absolute atomic E-state index is 3.91. The highest BCUT2D eigenvalue weighted by atomic mass is 14.2. The Labute approximate surface area is 112 Å². The van der Waals surface area contributed by atoms with E-state index in [2.05, 4.69) is 71.6 Å². The first kappa shape index (κ1) is 14.8. The lowest BCUT2D eigenvalue weighted by atomic mass is 9.80. The molecule has 3 atom stereocenters. The molecule has 0 nitrogen and oxygen atoms in total. The van der Waals surface area contributed by atoms with Gasteiger partial charge in [0.25, 0.3) is 0 Å². The highest BCUT2D eigenvalue weighted by Crippen LogP contribution is 2.32. The number of hydrogen-bond acceptors (Lipinski definition) is 0. The van der Waals surface area contributed by atoms with E-state index in [1.54, 1.807) is 0 Å². The molecule has 0 fully saturated rings. The molecule has 0 amide bonds. The molecule has 0 saturated heterocycles. The van der Waals surface area contributed by atoms with Crippen LogP contribution in [0.5, 0.6) is 0 Å². The largest absolute Gasteiger partial charge is 0.0985 e. The Kier molecular flexibility index (Phi) is 5.40. The summed E-state index contributed by atoms with van der Waals surface area (Å²) < 4.78 is 0. The summed E-state index contributed by atoms with van der Waals surface area (Å²) in [6, 6.07) is 0. The normalized spacial score (nSPS) is 26.8. The van der Waals surface area contributed by atoms with Gasteiger partial charge in [0.1, 0.15) is 0 Å². The smallest absolute Gasteiger partial charge is 0.00603 e. The summed E-state index contributed by atoms with van der Waals surface area (Å²) in [6.45, 7) is 14.9.